The average molecular weight is 460 g/mol. The lowest BCUT2D eigenvalue weighted by Crippen LogP contribution is -2.08. The number of rotatable bonds is 9. The molecule has 10 nitrogen and oxygen atoms in total. The number of carbonyl (C=O) groups excluding carboxylic acids is 1. The van der Waals surface area contributed by atoms with Crippen LogP contribution < -0.4 is 20.5 Å². The van der Waals surface area contributed by atoms with E-state index in [0.717, 1.165) is 35.2 Å². The van der Waals surface area contributed by atoms with Crippen molar-refractivity contribution in [1.82, 2.24) is 24.3 Å². The van der Waals surface area contributed by atoms with Crippen LogP contribution >= 0.6 is 0 Å². The van der Waals surface area contributed by atoms with Crippen LogP contribution in [0.2, 0.25) is 0 Å². The van der Waals surface area contributed by atoms with E-state index in [9.17, 15) is 4.79 Å². The van der Waals surface area contributed by atoms with Gasteiger partial charge in [0.05, 0.1) is 5.69 Å². The van der Waals surface area contributed by atoms with Crippen molar-refractivity contribution in [1.29, 1.82) is 0 Å². The highest BCUT2D eigenvalue weighted by Crippen LogP contribution is 2.41. The number of nitrogen functional groups attached to an aromatic ring is 1. The molecule has 0 spiro atoms. The first kappa shape index (κ1) is 21.6. The van der Waals surface area contributed by atoms with E-state index in [1.54, 1.807) is 6.07 Å². The summed E-state index contributed by atoms with van der Waals surface area (Å²) in [6.07, 6.45) is 7.65. The molecule has 1 aliphatic rings. The Hall–Kier alpha value is -4.21. The first-order valence-electron chi connectivity index (χ1n) is 11.0. The molecule has 0 bridgehead atoms. The van der Waals surface area contributed by atoms with E-state index in [-0.39, 0.29) is 6.61 Å². The van der Waals surface area contributed by atoms with Gasteiger partial charge in [-0.1, -0.05) is 0 Å². The number of aromatic nitrogens is 5. The van der Waals surface area contributed by atoms with Crippen molar-refractivity contribution >= 4 is 23.8 Å². The number of nitrogens with one attached hydrogen (secondary N) is 1. The summed E-state index contributed by atoms with van der Waals surface area (Å²) in [5.74, 6) is 2.52. The molecule has 0 aromatic carbocycles. The number of aryl methyl sites for hydroxylation is 2. The molecule has 34 heavy (non-hydrogen) atoms. The second-order valence-electron chi connectivity index (χ2n) is 8.40. The van der Waals surface area contributed by atoms with Gasteiger partial charge in [-0.3, -0.25) is 4.79 Å². The predicted octanol–water partition coefficient (Wildman–Crippen LogP) is 3.32. The Labute approximate surface area is 196 Å². The first-order chi connectivity index (χ1) is 16.5. The van der Waals surface area contributed by atoms with Crippen LogP contribution in [0.5, 0.6) is 11.6 Å². The maximum Gasteiger partial charge on any atom is 0.298 e. The quantitative estimate of drug-likeness (QED) is 0.362. The molecule has 0 aliphatic heterocycles. The van der Waals surface area contributed by atoms with E-state index in [4.69, 9.17) is 15.2 Å². The molecule has 4 aromatic rings. The minimum atomic E-state index is 0.206. The average Bonchev–Trinajstić information content (AvgIpc) is 3.57. The zero-order chi connectivity index (χ0) is 23.7. The largest absolute Gasteiger partial charge is 0.471 e. The molecular weight excluding hydrogens is 434 g/mol. The third-order valence-corrected chi connectivity index (χ3v) is 5.84. The van der Waals surface area contributed by atoms with Gasteiger partial charge in [0.1, 0.15) is 24.6 Å². The fourth-order valence-electron chi connectivity index (χ4n) is 3.98. The van der Waals surface area contributed by atoms with Crippen LogP contribution in [0.4, 0.5) is 11.6 Å². The molecule has 0 amide bonds. The molecule has 174 valence electrons. The number of ether oxygens (including phenoxy) is 2. The van der Waals surface area contributed by atoms with Crippen LogP contribution in [0, 0.1) is 13.8 Å². The third kappa shape index (κ3) is 4.61. The Morgan fingerprint density at radius 2 is 2.03 bits per heavy atom. The van der Waals surface area contributed by atoms with Gasteiger partial charge in [-0.2, -0.15) is 0 Å². The van der Waals surface area contributed by atoms with Crippen LogP contribution in [0.25, 0.3) is 5.65 Å². The van der Waals surface area contributed by atoms with Gasteiger partial charge in [0.25, 0.3) is 6.47 Å². The summed E-state index contributed by atoms with van der Waals surface area (Å²) in [5, 5.41) is 3.29. The smallest absolute Gasteiger partial charge is 0.298 e. The topological polar surface area (TPSA) is 130 Å². The summed E-state index contributed by atoms with van der Waals surface area (Å²) in [6.45, 7) is 5.12. The van der Waals surface area contributed by atoms with Gasteiger partial charge in [-0.15, -0.1) is 0 Å². The number of pyridine rings is 2. The van der Waals surface area contributed by atoms with Gasteiger partial charge in [0.15, 0.2) is 11.4 Å². The minimum absolute atomic E-state index is 0.206. The summed E-state index contributed by atoms with van der Waals surface area (Å²) in [5.41, 5.74) is 11.2. The van der Waals surface area contributed by atoms with Crippen LogP contribution in [-0.2, 0) is 17.9 Å². The van der Waals surface area contributed by atoms with Crippen molar-refractivity contribution < 1.29 is 14.3 Å². The van der Waals surface area contributed by atoms with Crippen LogP contribution in [0.15, 0.2) is 36.9 Å². The monoisotopic (exact) mass is 459 g/mol. The minimum Gasteiger partial charge on any atom is -0.471 e. The van der Waals surface area contributed by atoms with Gasteiger partial charge in [0, 0.05) is 30.7 Å². The molecule has 1 saturated carbocycles. The number of fused-ring (bicyclic) bond motifs is 1. The molecule has 0 saturated heterocycles. The van der Waals surface area contributed by atoms with Gasteiger partial charge in [-0.25, -0.2) is 19.9 Å². The van der Waals surface area contributed by atoms with E-state index in [1.165, 1.54) is 6.33 Å². The maximum absolute atomic E-state index is 10.9. The molecule has 4 aromatic heterocycles. The molecule has 0 radical (unpaired) electrons. The van der Waals surface area contributed by atoms with E-state index in [2.05, 4.69) is 25.3 Å². The highest BCUT2D eigenvalue weighted by atomic mass is 16.5. The summed E-state index contributed by atoms with van der Waals surface area (Å²) >= 11 is 0. The van der Waals surface area contributed by atoms with E-state index >= 15 is 0 Å². The standard InChI is InChI=1S/C24H25N7O3/c1-14-5-21(25)29-15(2)19(14)8-26-22-7-23(28-12-27-22)33-11-18-10-31-9-17(16-3-4-16)6-20(34-13-32)24(31)30-18/h5-7,9-10,12-13,16H,3-4,8,11H2,1-2H3,(H2,25,29)(H,26,27,28). The maximum atomic E-state index is 10.9. The van der Waals surface area contributed by atoms with Crippen LogP contribution in [0.3, 0.4) is 0 Å². The molecule has 0 unspecified atom stereocenters. The zero-order valence-electron chi connectivity index (χ0n) is 19.0. The van der Waals surface area contributed by atoms with Crippen molar-refractivity contribution in [2.75, 3.05) is 11.1 Å². The third-order valence-electron chi connectivity index (χ3n) is 5.84. The van der Waals surface area contributed by atoms with E-state index in [1.807, 2.05) is 42.8 Å². The van der Waals surface area contributed by atoms with Crippen molar-refractivity contribution in [3.05, 3.63) is 65.0 Å². The van der Waals surface area contributed by atoms with Gasteiger partial charge in [0.2, 0.25) is 5.88 Å². The molecule has 3 N–H and O–H groups in total. The fourth-order valence-corrected chi connectivity index (χ4v) is 3.98. The van der Waals surface area contributed by atoms with Crippen molar-refractivity contribution in [2.24, 2.45) is 0 Å². The lowest BCUT2D eigenvalue weighted by Gasteiger charge is -2.12. The SMILES string of the molecule is Cc1cc(N)nc(C)c1CNc1cc(OCc2cn3cc(C4CC4)cc(OC=O)c3n2)ncn1. The van der Waals surface area contributed by atoms with Crippen LogP contribution in [0.1, 0.15) is 46.8 Å². The number of imidazole rings is 1. The number of hydrogen-bond acceptors (Lipinski definition) is 9. The second kappa shape index (κ2) is 8.97. The van der Waals surface area contributed by atoms with Crippen LogP contribution in [-0.4, -0.2) is 30.8 Å². The molecule has 0 atom stereocenters. The summed E-state index contributed by atoms with van der Waals surface area (Å²) in [6, 6.07) is 5.48. The summed E-state index contributed by atoms with van der Waals surface area (Å²) in [4.78, 5) is 28.3. The van der Waals surface area contributed by atoms with Crippen molar-refractivity contribution in [3.8, 4) is 11.6 Å². The number of nitrogens with zero attached hydrogens (tertiary/aromatic N) is 5. The Kier molecular flexibility index (Phi) is 5.70. The highest BCUT2D eigenvalue weighted by Gasteiger charge is 2.25. The van der Waals surface area contributed by atoms with Crippen molar-refractivity contribution in [3.63, 3.8) is 0 Å². The number of hydrogen-bond donors (Lipinski definition) is 2. The molecule has 1 aliphatic carbocycles. The van der Waals surface area contributed by atoms with Crippen molar-refractivity contribution in [2.45, 2.75) is 45.8 Å². The highest BCUT2D eigenvalue weighted by molar-refractivity contribution is 5.61. The number of carbonyl (C=O) groups is 1. The normalized spacial score (nSPS) is 13.1. The fraction of sp³-hybridized carbons (Fsp3) is 0.292. The lowest BCUT2D eigenvalue weighted by molar-refractivity contribution is -0.120. The summed E-state index contributed by atoms with van der Waals surface area (Å²) < 4.78 is 12.9. The van der Waals surface area contributed by atoms with Gasteiger partial charge in [-0.05, 0) is 61.4 Å². The van der Waals surface area contributed by atoms with E-state index < -0.39 is 0 Å². The Morgan fingerprint density at radius 3 is 2.79 bits per heavy atom. The molecule has 4 heterocycles. The second-order valence-corrected chi connectivity index (χ2v) is 8.40. The van der Waals surface area contributed by atoms with Gasteiger partial charge < -0.3 is 24.9 Å². The lowest BCUT2D eigenvalue weighted by atomic mass is 10.1. The molecule has 1 fully saturated rings. The Morgan fingerprint density at radius 1 is 1.18 bits per heavy atom. The molecule has 10 heteroatoms. The Bertz CT molecular complexity index is 1340. The number of nitrogens with two attached hydrogens (primary N) is 1. The molecule has 5 rings (SSSR count). The zero-order valence-corrected chi connectivity index (χ0v) is 19.0. The summed E-state index contributed by atoms with van der Waals surface area (Å²) in [7, 11) is 0. The Balaban J connectivity index is 1.28. The first-order valence-corrected chi connectivity index (χ1v) is 11.0. The van der Waals surface area contributed by atoms with Gasteiger partial charge >= 0.3 is 0 Å². The predicted molar refractivity (Wildman–Crippen MR) is 126 cm³/mol. The molecular formula is C24H25N7O3. The van der Waals surface area contributed by atoms with E-state index in [0.29, 0.717) is 53.5 Å². The number of anilines is 2.